The molecule has 0 aromatic heterocycles. The van der Waals surface area contributed by atoms with Gasteiger partial charge in [-0.25, -0.2) is 4.52 Å². The van der Waals surface area contributed by atoms with Gasteiger partial charge in [-0.1, -0.05) is 15.9 Å². The summed E-state index contributed by atoms with van der Waals surface area (Å²) in [7, 11) is 2.84. The minimum absolute atomic E-state index is 0.601. The maximum atomic E-state index is 5.17. The van der Waals surface area contributed by atoms with Crippen LogP contribution in [0.2, 0.25) is 0 Å². The van der Waals surface area contributed by atoms with E-state index in [2.05, 4.69) is 29.8 Å². The van der Waals surface area contributed by atoms with Gasteiger partial charge in [0.15, 0.2) is 0 Å². The molecule has 1 aromatic carbocycles. The van der Waals surface area contributed by atoms with Crippen molar-refractivity contribution in [2.75, 3.05) is 0 Å². The Morgan fingerprint density at radius 1 is 1.36 bits per heavy atom. The number of hydrogen-bond acceptors (Lipinski definition) is 2. The molecule has 0 aliphatic rings. The summed E-state index contributed by atoms with van der Waals surface area (Å²) in [4.78, 5) is 0. The molecule has 0 aliphatic carbocycles. The summed E-state index contributed by atoms with van der Waals surface area (Å²) in [5, 5.41) is 0. The Hall–Kier alpha value is 0.0300. The van der Waals surface area contributed by atoms with Gasteiger partial charge in [0.25, 0.3) is 0 Å². The van der Waals surface area contributed by atoms with E-state index >= 15 is 0 Å². The normalized spacial score (nSPS) is 10.4. The van der Waals surface area contributed by atoms with E-state index in [4.69, 9.17) is 4.52 Å². The zero-order valence-corrected chi connectivity index (χ0v) is 9.20. The summed E-state index contributed by atoms with van der Waals surface area (Å²) in [6, 6.07) is 7.61. The van der Waals surface area contributed by atoms with Gasteiger partial charge in [0.2, 0.25) is 8.60 Å². The molecule has 2 nitrogen and oxygen atoms in total. The van der Waals surface area contributed by atoms with Gasteiger partial charge in [0.05, 0.1) is 0 Å². The molecular weight excluding hydrogens is 244 g/mol. The van der Waals surface area contributed by atoms with Crippen molar-refractivity contribution in [1.29, 1.82) is 0 Å². The molecule has 5 heteroatoms. The van der Waals surface area contributed by atoms with Crippen LogP contribution in [0.5, 0.6) is 5.75 Å². The first kappa shape index (κ1) is 9.12. The van der Waals surface area contributed by atoms with Gasteiger partial charge in [0.1, 0.15) is 5.75 Å². The van der Waals surface area contributed by atoms with Crippen LogP contribution in [0.3, 0.4) is 0 Å². The Morgan fingerprint density at radius 2 is 2.00 bits per heavy atom. The zero-order chi connectivity index (χ0) is 8.10. The van der Waals surface area contributed by atoms with E-state index < -0.39 is 0 Å². The molecule has 11 heavy (non-hydrogen) atoms. The molecule has 1 rings (SSSR count). The van der Waals surface area contributed by atoms with Crippen molar-refractivity contribution in [3.05, 3.63) is 28.7 Å². The quantitative estimate of drug-likeness (QED) is 0.734. The third kappa shape index (κ3) is 3.29. The standard InChI is InChI=1S/C6H6BrNOP2/c7-5-1-3-6(4-2-5)9-11-8-10/h1-4H,10H2. The number of nitrogens with zero attached hydrogens (tertiary/aromatic N) is 1. The van der Waals surface area contributed by atoms with E-state index in [9.17, 15) is 0 Å². The zero-order valence-electron chi connectivity index (χ0n) is 5.57. The third-order valence-corrected chi connectivity index (χ3v) is 2.21. The van der Waals surface area contributed by atoms with Gasteiger partial charge in [-0.2, -0.15) is 0 Å². The number of hydrogen-bond donors (Lipinski definition) is 0. The second-order valence-electron chi connectivity index (χ2n) is 1.74. The highest BCUT2D eigenvalue weighted by Gasteiger charge is 1.89. The Bertz CT molecular complexity index is 249. The van der Waals surface area contributed by atoms with Crippen LogP contribution in [0, 0.1) is 0 Å². The average Bonchev–Trinajstić information content (AvgIpc) is 2.04. The Balaban J connectivity index is 2.66. The Labute approximate surface area is 77.7 Å². The fourth-order valence-electron chi connectivity index (χ4n) is 0.566. The van der Waals surface area contributed by atoms with E-state index in [-0.39, 0.29) is 0 Å². The predicted molar refractivity (Wildman–Crippen MR) is 53.8 cm³/mol. The molecular formula is C6H6BrNOP2. The van der Waals surface area contributed by atoms with Crippen molar-refractivity contribution in [3.63, 3.8) is 0 Å². The van der Waals surface area contributed by atoms with E-state index in [0.29, 0.717) is 8.60 Å². The second-order valence-corrected chi connectivity index (χ2v) is 3.93. The highest BCUT2D eigenvalue weighted by atomic mass is 79.9. The molecule has 0 saturated heterocycles. The maximum absolute atomic E-state index is 5.17. The first-order valence-electron chi connectivity index (χ1n) is 2.86. The van der Waals surface area contributed by atoms with Crippen LogP contribution >= 0.6 is 33.9 Å². The van der Waals surface area contributed by atoms with Crippen molar-refractivity contribution >= 4 is 33.9 Å². The summed E-state index contributed by atoms with van der Waals surface area (Å²) in [6.07, 6.45) is 0. The molecule has 1 atom stereocenters. The van der Waals surface area contributed by atoms with Crippen molar-refractivity contribution in [3.8, 4) is 5.75 Å². The van der Waals surface area contributed by atoms with Gasteiger partial charge in [0, 0.05) is 4.47 Å². The highest BCUT2D eigenvalue weighted by molar-refractivity contribution is 9.10. The van der Waals surface area contributed by atoms with Crippen LogP contribution in [0.1, 0.15) is 0 Å². The Kier molecular flexibility index (Phi) is 3.99. The van der Waals surface area contributed by atoms with Gasteiger partial charge in [-0.3, -0.25) is 0 Å². The summed E-state index contributed by atoms with van der Waals surface area (Å²) < 4.78 is 9.93. The predicted octanol–water partition coefficient (Wildman–Crippen LogP) is 3.66. The molecule has 0 aliphatic heterocycles. The largest absolute Gasteiger partial charge is 0.423 e. The van der Waals surface area contributed by atoms with E-state index in [1.165, 1.54) is 0 Å². The van der Waals surface area contributed by atoms with E-state index in [0.717, 1.165) is 10.2 Å². The van der Waals surface area contributed by atoms with Crippen molar-refractivity contribution < 1.29 is 4.52 Å². The Morgan fingerprint density at radius 3 is 2.55 bits per heavy atom. The first-order chi connectivity index (χ1) is 5.33. The molecule has 0 amide bonds. The molecule has 1 unspecified atom stereocenters. The molecule has 0 radical (unpaired) electrons. The second kappa shape index (κ2) is 4.82. The maximum Gasteiger partial charge on any atom is 0.245 e. The molecule has 1 aromatic rings. The SMILES string of the molecule is PN=POc1ccc(Br)cc1. The fraction of sp³-hybridized carbons (Fsp3) is 0. The van der Waals surface area contributed by atoms with Crippen LogP contribution in [-0.2, 0) is 0 Å². The van der Waals surface area contributed by atoms with Crippen LogP contribution in [-0.4, -0.2) is 0 Å². The van der Waals surface area contributed by atoms with Gasteiger partial charge < -0.3 is 4.52 Å². The minimum atomic E-state index is 0.601. The lowest BCUT2D eigenvalue weighted by atomic mass is 10.3. The monoisotopic (exact) mass is 249 g/mol. The lowest BCUT2D eigenvalue weighted by Gasteiger charge is -1.95. The smallest absolute Gasteiger partial charge is 0.245 e. The minimum Gasteiger partial charge on any atom is -0.423 e. The lowest BCUT2D eigenvalue weighted by molar-refractivity contribution is 0.639. The summed E-state index contributed by atoms with van der Waals surface area (Å²) >= 11 is 3.33. The van der Waals surface area contributed by atoms with E-state index in [1.807, 2.05) is 24.3 Å². The molecule has 0 fully saturated rings. The molecule has 0 bridgehead atoms. The van der Waals surface area contributed by atoms with Gasteiger partial charge in [-0.15, -0.1) is 0 Å². The van der Waals surface area contributed by atoms with Crippen LogP contribution in [0.15, 0.2) is 33.3 Å². The summed E-state index contributed by atoms with van der Waals surface area (Å²) in [5.41, 5.74) is 0. The molecule has 0 N–H and O–H groups in total. The van der Waals surface area contributed by atoms with Crippen molar-refractivity contribution in [1.82, 2.24) is 0 Å². The summed E-state index contributed by atoms with van der Waals surface area (Å²) in [6.45, 7) is 0. The molecule has 0 heterocycles. The third-order valence-electron chi connectivity index (χ3n) is 1.01. The van der Waals surface area contributed by atoms with Crippen LogP contribution in [0.25, 0.3) is 0 Å². The fourth-order valence-corrected chi connectivity index (χ4v) is 1.24. The lowest BCUT2D eigenvalue weighted by Crippen LogP contribution is -1.72. The highest BCUT2D eigenvalue weighted by Crippen LogP contribution is 2.20. The number of benzene rings is 1. The first-order valence-corrected chi connectivity index (χ1v) is 4.93. The van der Waals surface area contributed by atoms with Crippen molar-refractivity contribution in [2.45, 2.75) is 0 Å². The molecule has 0 spiro atoms. The van der Waals surface area contributed by atoms with Crippen LogP contribution < -0.4 is 4.52 Å². The number of halogens is 1. The number of rotatable bonds is 2. The van der Waals surface area contributed by atoms with Crippen molar-refractivity contribution in [2.24, 2.45) is 4.52 Å². The van der Waals surface area contributed by atoms with Gasteiger partial charge >= 0.3 is 0 Å². The molecule has 0 saturated carbocycles. The van der Waals surface area contributed by atoms with Gasteiger partial charge in [-0.05, 0) is 33.7 Å². The van der Waals surface area contributed by atoms with Crippen LogP contribution in [0.4, 0.5) is 0 Å². The summed E-state index contributed by atoms with van der Waals surface area (Å²) in [5.74, 6) is 0.820. The molecule has 58 valence electrons. The topological polar surface area (TPSA) is 21.6 Å². The van der Waals surface area contributed by atoms with E-state index in [1.54, 1.807) is 0 Å². The average molecular weight is 250 g/mol.